The predicted molar refractivity (Wildman–Crippen MR) is 89.2 cm³/mol. The number of nitrogens with zero attached hydrogens (tertiary/aromatic N) is 3. The molecule has 0 saturated heterocycles. The minimum atomic E-state index is -4.67. The van der Waals surface area contributed by atoms with Crippen LogP contribution in [0.2, 0.25) is 5.15 Å². The van der Waals surface area contributed by atoms with Crippen LogP contribution in [0.25, 0.3) is 16.6 Å². The fourth-order valence-corrected chi connectivity index (χ4v) is 2.70. The molecule has 0 saturated carbocycles. The molecular formula is C16H10ClF5N4O. The molecule has 0 spiro atoms. The fraction of sp³-hybridized carbons (Fsp3) is 0.188. The van der Waals surface area contributed by atoms with E-state index in [-0.39, 0.29) is 27.7 Å². The Bertz CT molecular complexity index is 1050. The molecule has 3 rings (SSSR count). The van der Waals surface area contributed by atoms with E-state index in [4.69, 9.17) is 11.6 Å². The molecule has 0 amide bonds. The first-order chi connectivity index (χ1) is 12.7. The highest BCUT2D eigenvalue weighted by Gasteiger charge is 2.31. The molecule has 3 aromatic rings. The number of anilines is 1. The van der Waals surface area contributed by atoms with Crippen LogP contribution in [0, 0.1) is 0 Å². The number of alkyl halides is 5. The number of hydrogen-bond donors (Lipinski definition) is 1. The summed E-state index contributed by atoms with van der Waals surface area (Å²) >= 11 is 5.98. The van der Waals surface area contributed by atoms with Gasteiger partial charge in [-0.25, -0.2) is 13.8 Å². The van der Waals surface area contributed by atoms with E-state index in [9.17, 15) is 26.7 Å². The number of pyridine rings is 2. The Balaban J connectivity index is 2.34. The molecular weight excluding hydrogens is 395 g/mol. The average Bonchev–Trinajstić information content (AvgIpc) is 2.59. The molecule has 142 valence electrons. The highest BCUT2D eigenvalue weighted by atomic mass is 35.5. The maximum Gasteiger partial charge on any atom is 0.416 e. The topological polar surface area (TPSA) is 59.3 Å². The maximum absolute atomic E-state index is 13.1. The maximum atomic E-state index is 13.1. The zero-order chi connectivity index (χ0) is 19.8. The predicted octanol–water partition coefficient (Wildman–Crippen LogP) is 4.11. The van der Waals surface area contributed by atoms with Gasteiger partial charge in [-0.2, -0.15) is 18.2 Å². The van der Waals surface area contributed by atoms with E-state index in [1.54, 1.807) is 0 Å². The van der Waals surface area contributed by atoms with E-state index < -0.39 is 30.3 Å². The van der Waals surface area contributed by atoms with Gasteiger partial charge in [0.05, 0.1) is 23.2 Å². The Morgan fingerprint density at radius 2 is 2.00 bits per heavy atom. The van der Waals surface area contributed by atoms with E-state index in [2.05, 4.69) is 15.3 Å². The summed E-state index contributed by atoms with van der Waals surface area (Å²) in [7, 11) is 0. The van der Waals surface area contributed by atoms with Gasteiger partial charge in [0, 0.05) is 18.0 Å². The minimum absolute atomic E-state index is 0.0777. The van der Waals surface area contributed by atoms with Gasteiger partial charge in [-0.05, 0) is 24.3 Å². The van der Waals surface area contributed by atoms with Crippen LogP contribution in [0.3, 0.4) is 0 Å². The second-order valence-corrected chi connectivity index (χ2v) is 5.76. The van der Waals surface area contributed by atoms with Crippen LogP contribution in [-0.2, 0) is 6.18 Å². The number of hydrogen-bond acceptors (Lipinski definition) is 4. The Morgan fingerprint density at radius 3 is 2.63 bits per heavy atom. The number of halogens is 6. The lowest BCUT2D eigenvalue weighted by Crippen LogP contribution is -2.21. The molecule has 0 aliphatic carbocycles. The van der Waals surface area contributed by atoms with E-state index in [0.29, 0.717) is 0 Å². The zero-order valence-electron chi connectivity index (χ0n) is 13.3. The van der Waals surface area contributed by atoms with Crippen molar-refractivity contribution >= 4 is 23.1 Å². The number of nitrogens with one attached hydrogen (secondary N) is 1. The van der Waals surface area contributed by atoms with Crippen molar-refractivity contribution in [3.63, 3.8) is 0 Å². The first-order valence-electron chi connectivity index (χ1n) is 7.45. The lowest BCUT2D eigenvalue weighted by molar-refractivity contribution is -0.137. The average molecular weight is 405 g/mol. The van der Waals surface area contributed by atoms with Crippen LogP contribution in [-0.4, -0.2) is 27.3 Å². The molecule has 1 N–H and O–H groups in total. The van der Waals surface area contributed by atoms with Crippen LogP contribution >= 0.6 is 11.6 Å². The highest BCUT2D eigenvalue weighted by Crippen LogP contribution is 2.33. The third-order valence-electron chi connectivity index (χ3n) is 3.63. The van der Waals surface area contributed by atoms with Crippen LogP contribution < -0.4 is 10.9 Å². The van der Waals surface area contributed by atoms with E-state index in [1.165, 1.54) is 18.3 Å². The summed E-state index contributed by atoms with van der Waals surface area (Å²) in [5.41, 5.74) is -2.29. The summed E-state index contributed by atoms with van der Waals surface area (Å²) < 4.78 is 65.4. The Morgan fingerprint density at radius 1 is 1.26 bits per heavy atom. The quantitative estimate of drug-likeness (QED) is 0.525. The Labute approximate surface area is 153 Å². The number of rotatable bonds is 4. The second kappa shape index (κ2) is 7.10. The smallest absolute Gasteiger partial charge is 0.350 e. The molecule has 5 nitrogen and oxygen atoms in total. The van der Waals surface area contributed by atoms with Crippen molar-refractivity contribution in [3.05, 3.63) is 57.7 Å². The highest BCUT2D eigenvalue weighted by molar-refractivity contribution is 6.32. The Kier molecular flexibility index (Phi) is 5.01. The molecule has 0 unspecified atom stereocenters. The summed E-state index contributed by atoms with van der Waals surface area (Å²) in [4.78, 5) is 20.0. The molecule has 27 heavy (non-hydrogen) atoms. The van der Waals surface area contributed by atoms with Crippen molar-refractivity contribution in [3.8, 4) is 11.1 Å². The van der Waals surface area contributed by atoms with Crippen molar-refractivity contribution in [1.29, 1.82) is 0 Å². The summed E-state index contributed by atoms with van der Waals surface area (Å²) in [5.74, 6) is -0.312. The molecule has 0 aromatic carbocycles. The second-order valence-electron chi connectivity index (χ2n) is 5.40. The number of fused-ring (bicyclic) bond motifs is 1. The van der Waals surface area contributed by atoms with Crippen LogP contribution in [0.1, 0.15) is 5.56 Å². The van der Waals surface area contributed by atoms with E-state index in [0.717, 1.165) is 22.7 Å². The molecule has 0 radical (unpaired) electrons. The van der Waals surface area contributed by atoms with Gasteiger partial charge in [0.25, 0.3) is 12.0 Å². The number of aromatic nitrogens is 3. The van der Waals surface area contributed by atoms with Crippen molar-refractivity contribution in [2.75, 3.05) is 11.9 Å². The van der Waals surface area contributed by atoms with Gasteiger partial charge in [-0.1, -0.05) is 11.6 Å². The Hall–Kier alpha value is -2.75. The molecule has 11 heteroatoms. The normalized spacial score (nSPS) is 12.0. The van der Waals surface area contributed by atoms with Gasteiger partial charge < -0.3 is 5.32 Å². The zero-order valence-corrected chi connectivity index (χ0v) is 14.0. The molecule has 0 aliphatic heterocycles. The van der Waals surface area contributed by atoms with Crippen LogP contribution in [0.4, 0.5) is 27.9 Å². The summed E-state index contributed by atoms with van der Waals surface area (Å²) in [6, 6.07) is 4.34. The van der Waals surface area contributed by atoms with Gasteiger partial charge >= 0.3 is 6.18 Å². The molecule has 3 aromatic heterocycles. The van der Waals surface area contributed by atoms with Crippen molar-refractivity contribution < 1.29 is 22.0 Å². The third-order valence-corrected chi connectivity index (χ3v) is 3.93. The lowest BCUT2D eigenvalue weighted by Gasteiger charge is -2.15. The SMILES string of the molecule is O=c1nc(NCC(F)F)n2ccc(C(F)(F)F)cc2c1-c1cccnc1Cl. The summed E-state index contributed by atoms with van der Waals surface area (Å²) in [6.45, 7) is -0.831. The van der Waals surface area contributed by atoms with Crippen LogP contribution in [0.5, 0.6) is 0 Å². The van der Waals surface area contributed by atoms with Gasteiger partial charge in [0.2, 0.25) is 5.95 Å². The molecule has 0 bridgehead atoms. The molecule has 0 fully saturated rings. The van der Waals surface area contributed by atoms with Crippen molar-refractivity contribution in [1.82, 2.24) is 14.4 Å². The van der Waals surface area contributed by atoms with E-state index >= 15 is 0 Å². The van der Waals surface area contributed by atoms with Crippen molar-refractivity contribution in [2.24, 2.45) is 0 Å². The fourth-order valence-electron chi connectivity index (χ4n) is 2.49. The summed E-state index contributed by atoms with van der Waals surface area (Å²) in [6.07, 6.45) is -5.09. The standard InChI is InChI=1S/C16H10ClF5N4O/c17-13-9(2-1-4-23-13)12-10-6-8(16(20,21)22)3-5-26(10)15(25-14(12)27)24-7-11(18)19/h1-6,11H,7H2,(H,24,25,27). The summed E-state index contributed by atoms with van der Waals surface area (Å²) in [5, 5.41) is 2.14. The van der Waals surface area contributed by atoms with Gasteiger partial charge in [0.15, 0.2) is 0 Å². The molecule has 0 atom stereocenters. The molecule has 3 heterocycles. The largest absolute Gasteiger partial charge is 0.416 e. The monoisotopic (exact) mass is 404 g/mol. The van der Waals surface area contributed by atoms with E-state index in [1.807, 2.05) is 0 Å². The third kappa shape index (κ3) is 3.85. The van der Waals surface area contributed by atoms with Gasteiger partial charge in [-0.15, -0.1) is 0 Å². The van der Waals surface area contributed by atoms with Gasteiger partial charge in [-0.3, -0.25) is 9.20 Å². The lowest BCUT2D eigenvalue weighted by atomic mass is 10.1. The van der Waals surface area contributed by atoms with Crippen molar-refractivity contribution in [2.45, 2.75) is 12.6 Å². The first-order valence-corrected chi connectivity index (χ1v) is 7.83. The van der Waals surface area contributed by atoms with Gasteiger partial charge in [0.1, 0.15) is 5.15 Å². The first kappa shape index (κ1) is 19.0. The minimum Gasteiger partial charge on any atom is -0.350 e. The molecule has 0 aliphatic rings. The van der Waals surface area contributed by atoms with Crippen LogP contribution in [0.15, 0.2) is 41.5 Å².